The van der Waals surface area contributed by atoms with Gasteiger partial charge < -0.3 is 19.4 Å². The molecule has 1 fully saturated rings. The molecule has 2 aliphatic heterocycles. The van der Waals surface area contributed by atoms with E-state index in [4.69, 9.17) is 9.15 Å². The van der Waals surface area contributed by atoms with Crippen molar-refractivity contribution < 1.29 is 13.9 Å². The van der Waals surface area contributed by atoms with Gasteiger partial charge in [-0.15, -0.1) is 0 Å². The van der Waals surface area contributed by atoms with Crippen molar-refractivity contribution >= 4 is 17.2 Å². The van der Waals surface area contributed by atoms with Crippen molar-refractivity contribution in [2.24, 2.45) is 0 Å². The van der Waals surface area contributed by atoms with E-state index in [9.17, 15) is 9.59 Å². The first kappa shape index (κ1) is 15.6. The molecular formula is C18H17N3O4. The fourth-order valence-corrected chi connectivity index (χ4v) is 2.91. The van der Waals surface area contributed by atoms with Gasteiger partial charge in [-0.2, -0.15) is 0 Å². The van der Waals surface area contributed by atoms with E-state index < -0.39 is 11.5 Å². The number of aromatic nitrogens is 1. The summed E-state index contributed by atoms with van der Waals surface area (Å²) in [5, 5.41) is 3.16. The van der Waals surface area contributed by atoms with E-state index >= 15 is 0 Å². The molecule has 2 heterocycles. The molecular weight excluding hydrogens is 322 g/mol. The van der Waals surface area contributed by atoms with Crippen LogP contribution in [-0.4, -0.2) is 42.2 Å². The van der Waals surface area contributed by atoms with Crippen molar-refractivity contribution in [1.82, 2.24) is 15.2 Å². The predicted molar refractivity (Wildman–Crippen MR) is 92.1 cm³/mol. The number of benzene rings is 2. The third kappa shape index (κ3) is 2.83. The molecule has 7 heteroatoms. The molecule has 0 radical (unpaired) electrons. The molecule has 1 amide bonds. The minimum absolute atomic E-state index is 0.112. The van der Waals surface area contributed by atoms with E-state index in [1.807, 2.05) is 25.1 Å². The molecule has 128 valence electrons. The number of piperazine rings is 1. The Labute approximate surface area is 143 Å². The van der Waals surface area contributed by atoms with E-state index in [0.717, 1.165) is 5.56 Å². The monoisotopic (exact) mass is 339 g/mol. The Morgan fingerprint density at radius 1 is 1.24 bits per heavy atom. The molecule has 1 aliphatic carbocycles. The molecule has 0 saturated carbocycles. The Kier molecular flexibility index (Phi) is 3.85. The maximum Gasteiger partial charge on any atom is 0.415 e. The highest BCUT2D eigenvalue weighted by Crippen LogP contribution is 2.32. The average Bonchev–Trinajstić information content (AvgIpc) is 2.64. The Morgan fingerprint density at radius 3 is 2.84 bits per heavy atom. The number of rotatable bonds is 1. The summed E-state index contributed by atoms with van der Waals surface area (Å²) in [5.41, 5.74) is 2.21. The van der Waals surface area contributed by atoms with Gasteiger partial charge in [0.2, 0.25) is 11.2 Å². The standard InChI is InChI=1S/C18H17N3O4/c1-11-3-2-4-12-15(11)24-16-13(20-12)5-6-14(22)17(16)25-18(23)21-9-7-19-8-10-21/h2-6,19H,7-10H2,1H3. The molecule has 0 spiro atoms. The molecule has 25 heavy (non-hydrogen) atoms. The van der Waals surface area contributed by atoms with E-state index in [1.165, 1.54) is 6.07 Å². The van der Waals surface area contributed by atoms with Crippen LogP contribution in [0.1, 0.15) is 5.56 Å². The number of nitrogens with zero attached hydrogens (tertiary/aromatic N) is 2. The van der Waals surface area contributed by atoms with Crippen molar-refractivity contribution in [2.45, 2.75) is 6.92 Å². The fourth-order valence-electron chi connectivity index (χ4n) is 2.91. The summed E-state index contributed by atoms with van der Waals surface area (Å²) < 4.78 is 11.3. The number of ether oxygens (including phenoxy) is 1. The van der Waals surface area contributed by atoms with Gasteiger partial charge in [0.15, 0.2) is 11.3 Å². The fraction of sp³-hybridized carbons (Fsp3) is 0.278. The largest absolute Gasteiger partial charge is 0.448 e. The third-order valence-corrected chi connectivity index (χ3v) is 4.26. The molecule has 1 N–H and O–H groups in total. The molecule has 1 aromatic rings. The van der Waals surface area contributed by atoms with Crippen molar-refractivity contribution in [2.75, 3.05) is 26.2 Å². The lowest BCUT2D eigenvalue weighted by Crippen LogP contribution is -2.47. The van der Waals surface area contributed by atoms with Crippen LogP contribution in [0.15, 0.2) is 39.5 Å². The van der Waals surface area contributed by atoms with Gasteiger partial charge >= 0.3 is 6.09 Å². The summed E-state index contributed by atoms with van der Waals surface area (Å²) in [6, 6.07) is 8.53. The smallest absolute Gasteiger partial charge is 0.415 e. The minimum atomic E-state index is -0.550. The Morgan fingerprint density at radius 2 is 2.04 bits per heavy atom. The van der Waals surface area contributed by atoms with Crippen LogP contribution in [0.2, 0.25) is 0 Å². The maximum atomic E-state index is 12.4. The summed E-state index contributed by atoms with van der Waals surface area (Å²) in [6.45, 7) is 4.37. The SMILES string of the molecule is Cc1cccc2nc3ccc(=O)c(OC(=O)N4CCNCC4)c-3oc12. The number of aryl methyl sites for hydroxylation is 1. The molecule has 3 aliphatic rings. The highest BCUT2D eigenvalue weighted by atomic mass is 16.6. The van der Waals surface area contributed by atoms with Gasteiger partial charge in [0.05, 0.1) is 0 Å². The van der Waals surface area contributed by atoms with Gasteiger partial charge in [0.25, 0.3) is 0 Å². The summed E-state index contributed by atoms with van der Waals surface area (Å²) in [7, 11) is 0. The number of hydrogen-bond acceptors (Lipinski definition) is 6. The molecule has 0 unspecified atom stereocenters. The van der Waals surface area contributed by atoms with Crippen molar-refractivity contribution in [3.63, 3.8) is 0 Å². The molecule has 1 saturated heterocycles. The zero-order valence-corrected chi connectivity index (χ0v) is 13.7. The van der Waals surface area contributed by atoms with Crippen LogP contribution in [0.3, 0.4) is 0 Å². The first-order valence-corrected chi connectivity index (χ1v) is 8.14. The summed E-state index contributed by atoms with van der Waals surface area (Å²) >= 11 is 0. The Bertz CT molecular complexity index is 976. The quantitative estimate of drug-likeness (QED) is 0.683. The first-order chi connectivity index (χ1) is 12.1. The average molecular weight is 339 g/mol. The number of para-hydroxylation sites is 1. The Balaban J connectivity index is 1.80. The van der Waals surface area contributed by atoms with Gasteiger partial charge in [-0.05, 0) is 30.7 Å². The van der Waals surface area contributed by atoms with Crippen LogP contribution in [0, 0.1) is 6.92 Å². The van der Waals surface area contributed by atoms with Crippen LogP contribution in [0.5, 0.6) is 5.75 Å². The van der Waals surface area contributed by atoms with Gasteiger partial charge in [-0.3, -0.25) is 4.79 Å². The second kappa shape index (κ2) is 6.18. The highest BCUT2D eigenvalue weighted by Gasteiger charge is 2.24. The van der Waals surface area contributed by atoms with Crippen LogP contribution in [0.4, 0.5) is 4.79 Å². The van der Waals surface area contributed by atoms with E-state index in [-0.39, 0.29) is 11.5 Å². The van der Waals surface area contributed by atoms with E-state index in [2.05, 4.69) is 10.3 Å². The van der Waals surface area contributed by atoms with E-state index in [0.29, 0.717) is 43.0 Å². The number of hydrogen-bond donors (Lipinski definition) is 1. The normalized spacial score (nSPS) is 14.8. The van der Waals surface area contributed by atoms with Crippen LogP contribution in [-0.2, 0) is 0 Å². The predicted octanol–water partition coefficient (Wildman–Crippen LogP) is 2.01. The minimum Gasteiger partial charge on any atom is -0.448 e. The van der Waals surface area contributed by atoms with Crippen LogP contribution < -0.4 is 15.5 Å². The summed E-state index contributed by atoms with van der Waals surface area (Å²) in [5.74, 6) is 0.0801. The van der Waals surface area contributed by atoms with Crippen molar-refractivity contribution in [3.8, 4) is 17.2 Å². The molecule has 0 aromatic heterocycles. The number of carbonyl (C=O) groups is 1. The highest BCUT2D eigenvalue weighted by molar-refractivity contribution is 5.81. The lowest BCUT2D eigenvalue weighted by atomic mass is 10.1. The second-order valence-corrected chi connectivity index (χ2v) is 5.98. The zero-order chi connectivity index (χ0) is 17.4. The maximum absolute atomic E-state index is 12.4. The summed E-state index contributed by atoms with van der Waals surface area (Å²) in [6.07, 6.45) is -0.550. The molecule has 0 atom stereocenters. The van der Waals surface area contributed by atoms with Gasteiger partial charge in [-0.1, -0.05) is 12.1 Å². The van der Waals surface area contributed by atoms with Gasteiger partial charge in [-0.25, -0.2) is 9.78 Å². The lowest BCUT2D eigenvalue weighted by Gasteiger charge is -2.26. The van der Waals surface area contributed by atoms with Crippen molar-refractivity contribution in [1.29, 1.82) is 0 Å². The Hall–Kier alpha value is -2.93. The number of fused-ring (bicyclic) bond motifs is 2. The molecule has 1 aromatic carbocycles. The van der Waals surface area contributed by atoms with Gasteiger partial charge in [0, 0.05) is 26.2 Å². The van der Waals surface area contributed by atoms with Crippen LogP contribution in [0.25, 0.3) is 22.6 Å². The third-order valence-electron chi connectivity index (χ3n) is 4.26. The second-order valence-electron chi connectivity index (χ2n) is 5.98. The molecule has 0 bridgehead atoms. The zero-order valence-electron chi connectivity index (χ0n) is 13.7. The van der Waals surface area contributed by atoms with Gasteiger partial charge in [0.1, 0.15) is 11.2 Å². The van der Waals surface area contributed by atoms with E-state index in [1.54, 1.807) is 11.0 Å². The number of nitrogens with one attached hydrogen (secondary N) is 1. The molecule has 7 nitrogen and oxygen atoms in total. The van der Waals surface area contributed by atoms with Crippen molar-refractivity contribution in [3.05, 3.63) is 46.1 Å². The topological polar surface area (TPSA) is 84.7 Å². The number of carbonyl (C=O) groups excluding carboxylic acids is 1. The van der Waals surface area contributed by atoms with Crippen LogP contribution >= 0.6 is 0 Å². The molecule has 4 rings (SSSR count). The number of amides is 1. The first-order valence-electron chi connectivity index (χ1n) is 8.14. The summed E-state index contributed by atoms with van der Waals surface area (Å²) in [4.78, 5) is 30.7. The lowest BCUT2D eigenvalue weighted by molar-refractivity contribution is 0.145.